The van der Waals surface area contributed by atoms with Gasteiger partial charge in [0.25, 0.3) is 0 Å². The van der Waals surface area contributed by atoms with Crippen LogP contribution < -0.4 is 0 Å². The molecule has 0 atom stereocenters. The van der Waals surface area contributed by atoms with Crippen LogP contribution >= 0.6 is 11.3 Å². The lowest BCUT2D eigenvalue weighted by Gasteiger charge is -1.96. The molecule has 0 fully saturated rings. The van der Waals surface area contributed by atoms with Crippen molar-refractivity contribution < 1.29 is 9.53 Å². The van der Waals surface area contributed by atoms with Crippen LogP contribution in [0.1, 0.15) is 23.1 Å². The first-order valence-electron chi connectivity index (χ1n) is 6.94. The number of hydrogen-bond donors (Lipinski definition) is 1. The third kappa shape index (κ3) is 2.78. The van der Waals surface area contributed by atoms with Crippen molar-refractivity contribution in [3.63, 3.8) is 0 Å². The zero-order valence-corrected chi connectivity index (χ0v) is 13.1. The van der Waals surface area contributed by atoms with Crippen LogP contribution in [0.2, 0.25) is 0 Å². The summed E-state index contributed by atoms with van der Waals surface area (Å²) in [4.78, 5) is 23.8. The third-order valence-electron chi connectivity index (χ3n) is 3.12. The smallest absolute Gasteiger partial charge is 0.357 e. The van der Waals surface area contributed by atoms with Crippen LogP contribution in [0, 0.1) is 6.92 Å². The predicted molar refractivity (Wildman–Crippen MR) is 85.8 cm³/mol. The first kappa shape index (κ1) is 14.5. The van der Waals surface area contributed by atoms with Gasteiger partial charge in [-0.3, -0.25) is 0 Å². The first-order chi connectivity index (χ1) is 10.7. The second-order valence-corrected chi connectivity index (χ2v) is 5.54. The lowest BCUT2D eigenvalue weighted by Crippen LogP contribution is -2.04. The van der Waals surface area contributed by atoms with Gasteiger partial charge in [-0.05, 0) is 13.8 Å². The number of esters is 1. The highest BCUT2D eigenvalue weighted by molar-refractivity contribution is 7.13. The zero-order valence-electron chi connectivity index (χ0n) is 12.3. The number of rotatable bonds is 4. The number of hydrogen-bond acceptors (Lipinski definition) is 5. The molecule has 112 valence electrons. The highest BCUT2D eigenvalue weighted by Crippen LogP contribution is 2.27. The SMILES string of the molecule is CCOC(=O)c1csc(-c2nc(-c3ccccc3)c(C)[nH]2)n1. The number of nitrogens with one attached hydrogen (secondary N) is 1. The van der Waals surface area contributed by atoms with Crippen molar-refractivity contribution in [2.24, 2.45) is 0 Å². The van der Waals surface area contributed by atoms with Gasteiger partial charge in [-0.25, -0.2) is 14.8 Å². The number of aromatic amines is 1. The maximum Gasteiger partial charge on any atom is 0.357 e. The fraction of sp³-hybridized carbons (Fsp3) is 0.188. The van der Waals surface area contributed by atoms with Gasteiger partial charge in [-0.15, -0.1) is 11.3 Å². The number of imidazole rings is 1. The summed E-state index contributed by atoms with van der Waals surface area (Å²) in [6.45, 7) is 4.08. The van der Waals surface area contributed by atoms with Gasteiger partial charge in [-0.1, -0.05) is 30.3 Å². The minimum absolute atomic E-state index is 0.317. The van der Waals surface area contributed by atoms with Crippen LogP contribution in [0.15, 0.2) is 35.7 Å². The molecular formula is C16H15N3O2S. The molecule has 2 heterocycles. The maximum absolute atomic E-state index is 11.7. The molecule has 0 radical (unpaired) electrons. The Hall–Kier alpha value is -2.47. The van der Waals surface area contributed by atoms with E-state index < -0.39 is 5.97 Å². The van der Waals surface area contributed by atoms with Crippen molar-refractivity contribution in [3.05, 3.63) is 47.1 Å². The van der Waals surface area contributed by atoms with Gasteiger partial charge in [0.15, 0.2) is 16.5 Å². The van der Waals surface area contributed by atoms with Crippen LogP contribution in [0.4, 0.5) is 0 Å². The van der Waals surface area contributed by atoms with Crippen molar-refractivity contribution in [1.29, 1.82) is 0 Å². The Morgan fingerprint density at radius 1 is 1.27 bits per heavy atom. The second kappa shape index (κ2) is 6.11. The van der Waals surface area contributed by atoms with E-state index in [0.717, 1.165) is 17.0 Å². The highest BCUT2D eigenvalue weighted by atomic mass is 32.1. The lowest BCUT2D eigenvalue weighted by atomic mass is 10.1. The molecule has 0 saturated heterocycles. The molecule has 2 aromatic heterocycles. The Morgan fingerprint density at radius 3 is 2.77 bits per heavy atom. The average Bonchev–Trinajstić information content (AvgIpc) is 3.15. The molecule has 0 unspecified atom stereocenters. The van der Waals surface area contributed by atoms with E-state index in [9.17, 15) is 4.79 Å². The van der Waals surface area contributed by atoms with E-state index in [1.165, 1.54) is 11.3 Å². The third-order valence-corrected chi connectivity index (χ3v) is 3.97. The molecule has 22 heavy (non-hydrogen) atoms. The van der Waals surface area contributed by atoms with Gasteiger partial charge in [0.2, 0.25) is 0 Å². The van der Waals surface area contributed by atoms with Gasteiger partial charge in [0.1, 0.15) is 0 Å². The topological polar surface area (TPSA) is 67.9 Å². The summed E-state index contributed by atoms with van der Waals surface area (Å²) in [7, 11) is 0. The molecule has 6 heteroatoms. The number of thiazole rings is 1. The van der Waals surface area contributed by atoms with Crippen LogP contribution in [0.25, 0.3) is 22.1 Å². The maximum atomic E-state index is 11.7. The number of aromatic nitrogens is 3. The zero-order chi connectivity index (χ0) is 15.5. The summed E-state index contributed by atoms with van der Waals surface area (Å²) in [6.07, 6.45) is 0. The minimum atomic E-state index is -0.406. The lowest BCUT2D eigenvalue weighted by molar-refractivity contribution is 0.0520. The van der Waals surface area contributed by atoms with Crippen LogP contribution in [-0.2, 0) is 4.74 Å². The summed E-state index contributed by atoms with van der Waals surface area (Å²) >= 11 is 1.37. The number of carbonyl (C=O) groups excluding carboxylic acids is 1. The number of benzene rings is 1. The second-order valence-electron chi connectivity index (χ2n) is 4.68. The highest BCUT2D eigenvalue weighted by Gasteiger charge is 2.16. The predicted octanol–water partition coefficient (Wildman–Crippen LogP) is 3.69. The van der Waals surface area contributed by atoms with Gasteiger partial charge in [-0.2, -0.15) is 0 Å². The first-order valence-corrected chi connectivity index (χ1v) is 7.82. The van der Waals surface area contributed by atoms with E-state index in [4.69, 9.17) is 4.74 Å². The van der Waals surface area contributed by atoms with Crippen molar-refractivity contribution >= 4 is 17.3 Å². The van der Waals surface area contributed by atoms with E-state index in [1.807, 2.05) is 37.3 Å². The van der Waals surface area contributed by atoms with Gasteiger partial charge < -0.3 is 9.72 Å². The standard InChI is InChI=1S/C16H15N3O2S/c1-3-21-16(20)12-9-22-15(18-12)14-17-10(2)13(19-14)11-7-5-4-6-8-11/h4-9H,3H2,1-2H3,(H,17,19). The van der Waals surface area contributed by atoms with Gasteiger partial charge in [0, 0.05) is 16.6 Å². The van der Waals surface area contributed by atoms with Gasteiger partial charge in [0.05, 0.1) is 12.3 Å². The molecule has 3 rings (SSSR count). The Bertz CT molecular complexity index is 793. The summed E-state index contributed by atoms with van der Waals surface area (Å²) in [6, 6.07) is 9.95. The van der Waals surface area contributed by atoms with E-state index in [0.29, 0.717) is 23.1 Å². The molecule has 0 saturated carbocycles. The fourth-order valence-corrected chi connectivity index (χ4v) is 2.85. The summed E-state index contributed by atoms with van der Waals surface area (Å²) in [5.74, 6) is 0.258. The Morgan fingerprint density at radius 2 is 2.05 bits per heavy atom. The number of H-pyrrole nitrogens is 1. The normalized spacial score (nSPS) is 10.6. The molecule has 0 aliphatic heterocycles. The van der Waals surface area contributed by atoms with Crippen molar-refractivity contribution in [3.8, 4) is 22.1 Å². The van der Waals surface area contributed by atoms with E-state index in [-0.39, 0.29) is 0 Å². The number of nitrogens with zero attached hydrogens (tertiary/aromatic N) is 2. The molecule has 0 bridgehead atoms. The van der Waals surface area contributed by atoms with Crippen molar-refractivity contribution in [2.45, 2.75) is 13.8 Å². The fourth-order valence-electron chi connectivity index (χ4n) is 2.12. The largest absolute Gasteiger partial charge is 0.461 e. The average molecular weight is 313 g/mol. The van der Waals surface area contributed by atoms with Crippen molar-refractivity contribution in [1.82, 2.24) is 15.0 Å². The number of ether oxygens (including phenoxy) is 1. The molecule has 0 aliphatic rings. The number of aryl methyl sites for hydroxylation is 1. The molecular weight excluding hydrogens is 298 g/mol. The summed E-state index contributed by atoms with van der Waals surface area (Å²) in [5.41, 5.74) is 3.22. The molecule has 0 aliphatic carbocycles. The molecule has 1 N–H and O–H groups in total. The number of carbonyl (C=O) groups is 1. The Balaban J connectivity index is 1.92. The molecule has 1 aromatic carbocycles. The van der Waals surface area contributed by atoms with Crippen LogP contribution in [-0.4, -0.2) is 27.5 Å². The van der Waals surface area contributed by atoms with E-state index in [1.54, 1.807) is 12.3 Å². The van der Waals surface area contributed by atoms with Crippen molar-refractivity contribution in [2.75, 3.05) is 6.61 Å². The monoisotopic (exact) mass is 313 g/mol. The molecule has 0 amide bonds. The van der Waals surface area contributed by atoms with Crippen LogP contribution in [0.3, 0.4) is 0 Å². The van der Waals surface area contributed by atoms with Crippen LogP contribution in [0.5, 0.6) is 0 Å². The molecule has 0 spiro atoms. The quantitative estimate of drug-likeness (QED) is 0.746. The molecule has 5 nitrogen and oxygen atoms in total. The Kier molecular flexibility index (Phi) is 4.02. The van der Waals surface area contributed by atoms with E-state index in [2.05, 4.69) is 15.0 Å². The van der Waals surface area contributed by atoms with E-state index >= 15 is 0 Å². The van der Waals surface area contributed by atoms with Gasteiger partial charge >= 0.3 is 5.97 Å². The Labute approximate surface area is 132 Å². The summed E-state index contributed by atoms with van der Waals surface area (Å²) in [5, 5.41) is 2.36. The minimum Gasteiger partial charge on any atom is -0.461 e. The molecule has 3 aromatic rings. The summed E-state index contributed by atoms with van der Waals surface area (Å²) < 4.78 is 4.95.